The van der Waals surface area contributed by atoms with Crippen molar-refractivity contribution in [1.29, 1.82) is 0 Å². The highest BCUT2D eigenvalue weighted by Crippen LogP contribution is 2.33. The van der Waals surface area contributed by atoms with E-state index in [1.165, 1.54) is 11.1 Å². The second-order valence-electron chi connectivity index (χ2n) is 7.22. The predicted octanol–water partition coefficient (Wildman–Crippen LogP) is 3.01. The maximum Gasteiger partial charge on any atom is 0.339 e. The Kier molecular flexibility index (Phi) is 4.15. The van der Waals surface area contributed by atoms with Gasteiger partial charge in [-0.2, -0.15) is 0 Å². The van der Waals surface area contributed by atoms with Crippen LogP contribution in [-0.2, 0) is 4.74 Å². The first kappa shape index (κ1) is 17.5. The molecule has 0 radical (unpaired) electrons. The lowest BCUT2D eigenvalue weighted by atomic mass is 10.1. The van der Waals surface area contributed by atoms with Crippen molar-refractivity contribution in [3.05, 3.63) is 36.0 Å². The third kappa shape index (κ3) is 3.56. The minimum absolute atomic E-state index is 0.166. The Balaban J connectivity index is 1.99. The van der Waals surface area contributed by atoms with Gasteiger partial charge in [-0.05, 0) is 45.0 Å². The van der Waals surface area contributed by atoms with Gasteiger partial charge < -0.3 is 14.7 Å². The highest BCUT2D eigenvalue weighted by Gasteiger charge is 2.47. The molecule has 0 aliphatic carbocycles. The van der Waals surface area contributed by atoms with Gasteiger partial charge in [0.05, 0.1) is 24.2 Å². The Morgan fingerprint density at radius 3 is 2.68 bits per heavy atom. The molecule has 2 heterocycles. The van der Waals surface area contributed by atoms with Crippen LogP contribution in [0.4, 0.5) is 14.5 Å². The molecule has 1 atom stereocenters. The molecule has 1 aliphatic rings. The first-order chi connectivity index (χ1) is 11.6. The Bertz CT molecular complexity index is 818. The summed E-state index contributed by atoms with van der Waals surface area (Å²) in [5, 5.41) is 10.0. The van der Waals surface area contributed by atoms with Crippen LogP contribution >= 0.6 is 0 Å². The average Bonchev–Trinajstić information content (AvgIpc) is 2.78. The number of β-amino-alcohol motifs (C(OH)–C–C–N with tert-alkyl or cyclic N) is 1. The number of nitrogens with zero attached hydrogens (tertiary/aromatic N) is 2. The number of pyridine rings is 1. The zero-order valence-electron chi connectivity index (χ0n) is 14.3. The number of anilines is 1. The SMILES string of the molecule is CC(C)(C)OC(=O)c1ccnc2ccc(N3CC(O)C(F)(F)C3)cc12. The molecule has 1 aliphatic heterocycles. The van der Waals surface area contributed by atoms with E-state index in [9.17, 15) is 18.7 Å². The van der Waals surface area contributed by atoms with E-state index in [-0.39, 0.29) is 6.54 Å². The summed E-state index contributed by atoms with van der Waals surface area (Å²) in [5.41, 5.74) is 0.749. The van der Waals surface area contributed by atoms with Crippen molar-refractivity contribution >= 4 is 22.6 Å². The van der Waals surface area contributed by atoms with E-state index in [1.807, 2.05) is 0 Å². The van der Waals surface area contributed by atoms with Gasteiger partial charge in [0, 0.05) is 17.3 Å². The number of alkyl halides is 2. The van der Waals surface area contributed by atoms with E-state index < -0.39 is 30.1 Å². The number of aromatic nitrogens is 1. The molecule has 0 bridgehead atoms. The van der Waals surface area contributed by atoms with Crippen LogP contribution in [0.5, 0.6) is 0 Å². The molecule has 5 nitrogen and oxygen atoms in total. The summed E-state index contributed by atoms with van der Waals surface area (Å²) < 4.78 is 32.6. The molecule has 1 N–H and O–H groups in total. The highest BCUT2D eigenvalue weighted by molar-refractivity contribution is 6.04. The molecule has 1 unspecified atom stereocenters. The zero-order valence-corrected chi connectivity index (χ0v) is 14.3. The number of hydrogen-bond acceptors (Lipinski definition) is 5. The van der Waals surface area contributed by atoms with Crippen LogP contribution in [0.2, 0.25) is 0 Å². The number of rotatable bonds is 2. The fourth-order valence-corrected chi connectivity index (χ4v) is 2.81. The molecule has 2 aromatic rings. The number of aliphatic hydroxyl groups is 1. The molecule has 7 heteroatoms. The molecule has 0 saturated carbocycles. The molecule has 0 amide bonds. The second kappa shape index (κ2) is 5.91. The lowest BCUT2D eigenvalue weighted by molar-refractivity contribution is -0.0712. The number of carbonyl (C=O) groups excluding carboxylic acids is 1. The first-order valence-electron chi connectivity index (χ1n) is 8.00. The summed E-state index contributed by atoms with van der Waals surface area (Å²) in [6.07, 6.45) is -0.197. The quantitative estimate of drug-likeness (QED) is 0.844. The summed E-state index contributed by atoms with van der Waals surface area (Å²) in [7, 11) is 0. The van der Waals surface area contributed by atoms with Gasteiger partial charge in [0.1, 0.15) is 11.7 Å². The fourth-order valence-electron chi connectivity index (χ4n) is 2.81. The second-order valence-corrected chi connectivity index (χ2v) is 7.22. The van der Waals surface area contributed by atoms with Crippen LogP contribution in [0.25, 0.3) is 10.9 Å². The predicted molar refractivity (Wildman–Crippen MR) is 90.1 cm³/mol. The molecule has 25 heavy (non-hydrogen) atoms. The summed E-state index contributed by atoms with van der Waals surface area (Å²) in [5.74, 6) is -3.65. The number of ether oxygens (including phenoxy) is 1. The Hall–Kier alpha value is -2.28. The van der Waals surface area contributed by atoms with Gasteiger partial charge in [0.15, 0.2) is 0 Å². The van der Waals surface area contributed by atoms with Gasteiger partial charge in [-0.1, -0.05) is 0 Å². The zero-order chi connectivity index (χ0) is 18.4. The van der Waals surface area contributed by atoms with Crippen LogP contribution in [0.15, 0.2) is 30.5 Å². The number of benzene rings is 1. The average molecular weight is 350 g/mol. The van der Waals surface area contributed by atoms with Crippen LogP contribution in [0, 0.1) is 0 Å². The minimum atomic E-state index is -3.15. The van der Waals surface area contributed by atoms with Crippen molar-refractivity contribution < 1.29 is 23.4 Å². The van der Waals surface area contributed by atoms with Gasteiger partial charge in [0.2, 0.25) is 0 Å². The maximum atomic E-state index is 13.6. The Labute approximate surface area is 144 Å². The third-order valence-electron chi connectivity index (χ3n) is 3.99. The molecule has 1 fully saturated rings. The lowest BCUT2D eigenvalue weighted by Crippen LogP contribution is -2.31. The summed E-state index contributed by atoms with van der Waals surface area (Å²) in [4.78, 5) is 18.0. The third-order valence-corrected chi connectivity index (χ3v) is 3.99. The van der Waals surface area contributed by atoms with Gasteiger partial charge in [-0.15, -0.1) is 0 Å². The van der Waals surface area contributed by atoms with Crippen molar-refractivity contribution in [2.24, 2.45) is 0 Å². The Morgan fingerprint density at radius 2 is 2.08 bits per heavy atom. The van der Waals surface area contributed by atoms with E-state index in [0.717, 1.165) is 0 Å². The number of fused-ring (bicyclic) bond motifs is 1. The number of aliphatic hydroxyl groups excluding tert-OH is 1. The molecular weight excluding hydrogens is 330 g/mol. The Morgan fingerprint density at radius 1 is 1.36 bits per heavy atom. The van der Waals surface area contributed by atoms with E-state index >= 15 is 0 Å². The molecule has 3 rings (SSSR count). The van der Waals surface area contributed by atoms with Crippen molar-refractivity contribution in [2.75, 3.05) is 18.0 Å². The monoisotopic (exact) mass is 350 g/mol. The van der Waals surface area contributed by atoms with Crippen molar-refractivity contribution in [3.8, 4) is 0 Å². The molecular formula is C18H20F2N2O3. The van der Waals surface area contributed by atoms with E-state index in [1.54, 1.807) is 45.0 Å². The highest BCUT2D eigenvalue weighted by atomic mass is 19.3. The number of carbonyl (C=O) groups is 1. The van der Waals surface area contributed by atoms with Gasteiger partial charge >= 0.3 is 5.97 Å². The van der Waals surface area contributed by atoms with E-state index in [4.69, 9.17) is 4.74 Å². The van der Waals surface area contributed by atoms with Crippen LogP contribution < -0.4 is 4.90 Å². The topological polar surface area (TPSA) is 62.7 Å². The number of esters is 1. The summed E-state index contributed by atoms with van der Waals surface area (Å²) >= 11 is 0. The van der Waals surface area contributed by atoms with Crippen molar-refractivity contribution in [2.45, 2.75) is 38.4 Å². The molecule has 0 spiro atoms. The van der Waals surface area contributed by atoms with Crippen molar-refractivity contribution in [1.82, 2.24) is 4.98 Å². The minimum Gasteiger partial charge on any atom is -0.456 e. The standard InChI is InChI=1S/C18H20F2N2O3/c1-17(2,3)25-16(24)12-6-7-21-14-5-4-11(8-13(12)14)22-9-15(23)18(19,20)10-22/h4-8,15,23H,9-10H2,1-3H3. The van der Waals surface area contributed by atoms with Crippen LogP contribution in [0.3, 0.4) is 0 Å². The fraction of sp³-hybridized carbons (Fsp3) is 0.444. The molecule has 1 aromatic carbocycles. The largest absolute Gasteiger partial charge is 0.456 e. The van der Waals surface area contributed by atoms with E-state index in [0.29, 0.717) is 22.2 Å². The van der Waals surface area contributed by atoms with Crippen LogP contribution in [-0.4, -0.2) is 46.8 Å². The molecule has 1 saturated heterocycles. The number of halogens is 2. The maximum absolute atomic E-state index is 13.6. The van der Waals surface area contributed by atoms with Gasteiger partial charge in [-0.3, -0.25) is 4.98 Å². The van der Waals surface area contributed by atoms with Crippen molar-refractivity contribution in [3.63, 3.8) is 0 Å². The molecule has 1 aromatic heterocycles. The summed E-state index contributed by atoms with van der Waals surface area (Å²) in [6, 6.07) is 6.51. The number of hydrogen-bond donors (Lipinski definition) is 1. The lowest BCUT2D eigenvalue weighted by Gasteiger charge is -2.21. The van der Waals surface area contributed by atoms with Gasteiger partial charge in [-0.25, -0.2) is 13.6 Å². The first-order valence-corrected chi connectivity index (χ1v) is 8.00. The smallest absolute Gasteiger partial charge is 0.339 e. The van der Waals surface area contributed by atoms with Crippen LogP contribution in [0.1, 0.15) is 31.1 Å². The normalized spacial score (nSPS) is 20.1. The van der Waals surface area contributed by atoms with Gasteiger partial charge in [0.25, 0.3) is 5.92 Å². The summed E-state index contributed by atoms with van der Waals surface area (Å²) in [6.45, 7) is 4.58. The molecule has 134 valence electrons. The van der Waals surface area contributed by atoms with E-state index in [2.05, 4.69) is 4.98 Å².